The number of methoxy groups -OCH3 is 1. The number of aromatic amines is 1. The van der Waals surface area contributed by atoms with E-state index in [1.807, 2.05) is 20.8 Å². The second-order valence-electron chi connectivity index (χ2n) is 9.86. The summed E-state index contributed by atoms with van der Waals surface area (Å²) in [5.74, 6) is 1.35. The molecule has 1 fully saturated rings. The van der Waals surface area contributed by atoms with Gasteiger partial charge in [-0.25, -0.2) is 9.97 Å². The highest BCUT2D eigenvalue weighted by atomic mass is 16.6. The van der Waals surface area contributed by atoms with E-state index in [1.165, 1.54) is 6.33 Å². The van der Waals surface area contributed by atoms with Gasteiger partial charge in [0.05, 0.1) is 18.1 Å². The Kier molecular flexibility index (Phi) is 6.86. The minimum absolute atomic E-state index is 0.121. The first-order valence-corrected chi connectivity index (χ1v) is 11.7. The Morgan fingerprint density at radius 1 is 1.15 bits per heavy atom. The number of ether oxygens (including phenoxy) is 2. The van der Waals surface area contributed by atoms with Crippen molar-refractivity contribution in [1.29, 1.82) is 0 Å². The van der Waals surface area contributed by atoms with Crippen molar-refractivity contribution in [3.63, 3.8) is 0 Å². The van der Waals surface area contributed by atoms with Gasteiger partial charge >= 0.3 is 5.97 Å². The molecule has 0 bridgehead atoms. The quantitative estimate of drug-likeness (QED) is 0.378. The molecule has 2 N–H and O–H groups in total. The predicted octanol–water partition coefficient (Wildman–Crippen LogP) is 4.90. The second-order valence-corrected chi connectivity index (χ2v) is 9.86. The van der Waals surface area contributed by atoms with Crippen LogP contribution in [0.2, 0.25) is 0 Å². The lowest BCUT2D eigenvalue weighted by Gasteiger charge is -2.30. The maximum Gasteiger partial charge on any atom is 0.306 e. The van der Waals surface area contributed by atoms with Gasteiger partial charge in [0.25, 0.3) is 0 Å². The summed E-state index contributed by atoms with van der Waals surface area (Å²) in [5.41, 5.74) is 1.22. The zero-order valence-corrected chi connectivity index (χ0v) is 20.2. The van der Waals surface area contributed by atoms with E-state index in [1.54, 1.807) is 37.6 Å². The molecular weight excluding hydrogens is 432 g/mol. The average molecular weight is 465 g/mol. The van der Waals surface area contributed by atoms with Gasteiger partial charge in [0.1, 0.15) is 29.1 Å². The summed E-state index contributed by atoms with van der Waals surface area (Å²) < 4.78 is 10.7. The van der Waals surface area contributed by atoms with Gasteiger partial charge < -0.3 is 19.8 Å². The standard InChI is InChI=1S/C26H32N4O4/c1-26(2,3)34-21(31)12-16-8-10-18(11-9-16)30-25-22-20(14-27-24(22)28-15-29-25)23(32)17-6-5-7-19(13-17)33-4/h5-7,13-16,18H,8-12H2,1-4H3,(H2,27,28,29,30). The molecule has 180 valence electrons. The molecule has 0 atom stereocenters. The smallest absolute Gasteiger partial charge is 0.306 e. The summed E-state index contributed by atoms with van der Waals surface area (Å²) in [6.07, 6.45) is 7.35. The molecule has 8 heteroatoms. The fourth-order valence-electron chi connectivity index (χ4n) is 4.49. The molecule has 1 aliphatic carbocycles. The van der Waals surface area contributed by atoms with Crippen LogP contribution in [0.3, 0.4) is 0 Å². The molecule has 4 rings (SSSR count). The first-order valence-electron chi connectivity index (χ1n) is 11.7. The highest BCUT2D eigenvalue weighted by molar-refractivity contribution is 6.18. The van der Waals surface area contributed by atoms with Crippen molar-refractivity contribution in [1.82, 2.24) is 15.0 Å². The van der Waals surface area contributed by atoms with Crippen molar-refractivity contribution in [2.24, 2.45) is 5.92 Å². The second kappa shape index (κ2) is 9.83. The third-order valence-corrected chi connectivity index (χ3v) is 6.11. The van der Waals surface area contributed by atoms with E-state index in [9.17, 15) is 9.59 Å². The Hall–Kier alpha value is -3.42. The Bertz CT molecular complexity index is 1170. The molecule has 8 nitrogen and oxygen atoms in total. The van der Waals surface area contributed by atoms with Crippen LogP contribution < -0.4 is 10.1 Å². The van der Waals surface area contributed by atoms with E-state index in [0.29, 0.717) is 46.1 Å². The van der Waals surface area contributed by atoms with Crippen molar-refractivity contribution >= 4 is 28.6 Å². The Morgan fingerprint density at radius 2 is 1.91 bits per heavy atom. The lowest BCUT2D eigenvalue weighted by Crippen LogP contribution is -2.29. The molecule has 1 saturated carbocycles. The minimum Gasteiger partial charge on any atom is -0.497 e. The number of rotatable bonds is 7. The first kappa shape index (κ1) is 23.7. The van der Waals surface area contributed by atoms with Gasteiger partial charge in [0.2, 0.25) is 0 Å². The topological polar surface area (TPSA) is 106 Å². The Labute approximate surface area is 199 Å². The molecule has 0 unspecified atom stereocenters. The number of aromatic nitrogens is 3. The minimum atomic E-state index is -0.454. The van der Waals surface area contributed by atoms with Gasteiger partial charge in [0.15, 0.2) is 5.78 Å². The van der Waals surface area contributed by atoms with Gasteiger partial charge in [-0.15, -0.1) is 0 Å². The molecule has 3 aromatic rings. The summed E-state index contributed by atoms with van der Waals surface area (Å²) in [7, 11) is 1.58. The number of esters is 1. The van der Waals surface area contributed by atoms with Gasteiger partial charge in [-0.2, -0.15) is 0 Å². The Morgan fingerprint density at radius 3 is 2.62 bits per heavy atom. The van der Waals surface area contributed by atoms with Crippen LogP contribution in [0.1, 0.15) is 68.8 Å². The fraction of sp³-hybridized carbons (Fsp3) is 0.462. The zero-order chi connectivity index (χ0) is 24.3. The number of carbonyl (C=O) groups is 2. The van der Waals surface area contributed by atoms with Gasteiger partial charge in [-0.3, -0.25) is 9.59 Å². The fourth-order valence-corrected chi connectivity index (χ4v) is 4.49. The predicted molar refractivity (Wildman–Crippen MR) is 130 cm³/mol. The third kappa shape index (κ3) is 5.55. The number of benzene rings is 1. The summed E-state index contributed by atoms with van der Waals surface area (Å²) in [6.45, 7) is 5.67. The van der Waals surface area contributed by atoms with Crippen molar-refractivity contribution in [3.05, 3.63) is 47.9 Å². The van der Waals surface area contributed by atoms with E-state index in [4.69, 9.17) is 9.47 Å². The summed E-state index contributed by atoms with van der Waals surface area (Å²) in [4.78, 5) is 37.3. The average Bonchev–Trinajstić information content (AvgIpc) is 3.24. The van der Waals surface area contributed by atoms with Gasteiger partial charge in [-0.05, 0) is 64.5 Å². The largest absolute Gasteiger partial charge is 0.497 e. The molecule has 1 aliphatic rings. The molecular formula is C26H32N4O4. The van der Waals surface area contributed by atoms with E-state index < -0.39 is 5.60 Å². The van der Waals surface area contributed by atoms with E-state index in [2.05, 4.69) is 20.3 Å². The Balaban J connectivity index is 1.46. The van der Waals surface area contributed by atoms with Gasteiger partial charge in [0, 0.05) is 24.2 Å². The number of ketones is 1. The number of carbonyl (C=O) groups excluding carboxylic acids is 2. The molecule has 2 heterocycles. The van der Waals surface area contributed by atoms with E-state index >= 15 is 0 Å². The number of hydrogen-bond acceptors (Lipinski definition) is 7. The first-order chi connectivity index (χ1) is 16.2. The van der Waals surface area contributed by atoms with Crippen LogP contribution in [0, 0.1) is 5.92 Å². The summed E-state index contributed by atoms with van der Waals surface area (Å²) >= 11 is 0. The van der Waals surface area contributed by atoms with Crippen LogP contribution >= 0.6 is 0 Å². The number of H-pyrrole nitrogens is 1. The number of nitrogens with one attached hydrogen (secondary N) is 2. The highest BCUT2D eigenvalue weighted by Crippen LogP contribution is 2.32. The maximum atomic E-state index is 13.3. The van der Waals surface area contributed by atoms with Crippen molar-refractivity contribution in [2.45, 2.75) is 64.5 Å². The molecule has 34 heavy (non-hydrogen) atoms. The van der Waals surface area contributed by atoms with E-state index in [0.717, 1.165) is 25.7 Å². The molecule has 0 aliphatic heterocycles. The number of anilines is 1. The third-order valence-electron chi connectivity index (χ3n) is 6.11. The number of fused-ring (bicyclic) bond motifs is 1. The van der Waals surface area contributed by atoms with Crippen LogP contribution in [0.25, 0.3) is 11.0 Å². The molecule has 0 spiro atoms. The van der Waals surface area contributed by atoms with Crippen LogP contribution in [-0.4, -0.2) is 45.5 Å². The van der Waals surface area contributed by atoms with Crippen molar-refractivity contribution in [3.8, 4) is 5.75 Å². The summed E-state index contributed by atoms with van der Waals surface area (Å²) in [5, 5.41) is 4.21. The molecule has 0 amide bonds. The van der Waals surface area contributed by atoms with Crippen molar-refractivity contribution < 1.29 is 19.1 Å². The van der Waals surface area contributed by atoms with Gasteiger partial charge in [-0.1, -0.05) is 12.1 Å². The molecule has 0 saturated heterocycles. The van der Waals surface area contributed by atoms with Crippen LogP contribution in [0.15, 0.2) is 36.8 Å². The lowest BCUT2D eigenvalue weighted by atomic mass is 9.84. The number of hydrogen-bond donors (Lipinski definition) is 2. The van der Waals surface area contributed by atoms with Crippen LogP contribution in [0.4, 0.5) is 5.82 Å². The lowest BCUT2D eigenvalue weighted by molar-refractivity contribution is -0.156. The normalized spacial score (nSPS) is 18.5. The highest BCUT2D eigenvalue weighted by Gasteiger charge is 2.27. The van der Waals surface area contributed by atoms with Crippen LogP contribution in [-0.2, 0) is 9.53 Å². The molecule has 0 radical (unpaired) electrons. The summed E-state index contributed by atoms with van der Waals surface area (Å²) in [6, 6.07) is 7.31. The monoisotopic (exact) mass is 464 g/mol. The van der Waals surface area contributed by atoms with E-state index in [-0.39, 0.29) is 17.8 Å². The number of nitrogens with zero attached hydrogens (tertiary/aromatic N) is 2. The maximum absolute atomic E-state index is 13.3. The van der Waals surface area contributed by atoms with Crippen LogP contribution in [0.5, 0.6) is 5.75 Å². The zero-order valence-electron chi connectivity index (χ0n) is 20.2. The van der Waals surface area contributed by atoms with Crippen molar-refractivity contribution in [2.75, 3.05) is 12.4 Å². The molecule has 1 aromatic carbocycles. The SMILES string of the molecule is COc1cccc(C(=O)c2c[nH]c3ncnc(NC4CCC(CC(=O)OC(C)(C)C)CC4)c23)c1. The molecule has 2 aromatic heterocycles.